The van der Waals surface area contributed by atoms with Gasteiger partial charge in [0.25, 0.3) is 5.91 Å². The molecule has 1 aliphatic carbocycles. The van der Waals surface area contributed by atoms with Crippen molar-refractivity contribution in [1.29, 1.82) is 0 Å². The zero-order valence-electron chi connectivity index (χ0n) is 17.1. The average Bonchev–Trinajstić information content (AvgIpc) is 2.71. The summed E-state index contributed by atoms with van der Waals surface area (Å²) in [7, 11) is -2.24. The molecule has 0 unspecified atom stereocenters. The Morgan fingerprint density at radius 3 is 2.30 bits per heavy atom. The molecule has 0 saturated heterocycles. The maximum Gasteiger partial charge on any atom is 0.260 e. The maximum atomic E-state index is 12.9. The molecule has 1 aromatic carbocycles. The van der Waals surface area contributed by atoms with Gasteiger partial charge in [0.1, 0.15) is 10.8 Å². The molecule has 1 saturated carbocycles. The van der Waals surface area contributed by atoms with Crippen molar-refractivity contribution in [2.75, 3.05) is 26.0 Å². The van der Waals surface area contributed by atoms with Gasteiger partial charge in [-0.05, 0) is 25.5 Å². The summed E-state index contributed by atoms with van der Waals surface area (Å²) in [5, 5.41) is -0.340. The Balaban J connectivity index is 2.51. The Labute approximate surface area is 180 Å². The second-order valence-corrected chi connectivity index (χ2v) is 9.56. The second-order valence-electron chi connectivity index (χ2n) is 6.94. The molecule has 2 rings (SSSR count). The van der Waals surface area contributed by atoms with Gasteiger partial charge in [-0.15, -0.1) is 0 Å². The molecule has 1 aliphatic rings. The Kier molecular flexibility index (Phi) is 7.76. The van der Waals surface area contributed by atoms with E-state index in [0.29, 0.717) is 13.0 Å². The van der Waals surface area contributed by atoms with Gasteiger partial charge in [-0.1, -0.05) is 18.5 Å². The van der Waals surface area contributed by atoms with Crippen molar-refractivity contribution in [1.82, 2.24) is 4.90 Å². The van der Waals surface area contributed by atoms with E-state index in [2.05, 4.69) is 0 Å². The van der Waals surface area contributed by atoms with Crippen molar-refractivity contribution < 1.29 is 32.3 Å². The van der Waals surface area contributed by atoms with Crippen LogP contribution in [0.25, 0.3) is 0 Å². The molecule has 164 valence electrons. The third kappa shape index (κ3) is 4.89. The van der Waals surface area contributed by atoms with Crippen LogP contribution in [0.3, 0.4) is 0 Å². The number of ether oxygens (including phenoxy) is 1. The number of amides is 1. The first-order valence-corrected chi connectivity index (χ1v) is 11.6. The van der Waals surface area contributed by atoms with Crippen molar-refractivity contribution in [3.63, 3.8) is 0 Å². The summed E-state index contributed by atoms with van der Waals surface area (Å²) >= 11 is 6.33. The lowest BCUT2D eigenvalue weighted by molar-refractivity contribution is -0.133. The normalized spacial score (nSPS) is 15.2. The smallest absolute Gasteiger partial charge is 0.260 e. The molecule has 0 atom stereocenters. The van der Waals surface area contributed by atoms with E-state index in [1.54, 1.807) is 14.0 Å². The van der Waals surface area contributed by atoms with E-state index < -0.39 is 45.6 Å². The third-order valence-electron chi connectivity index (χ3n) is 5.03. The van der Waals surface area contributed by atoms with Gasteiger partial charge in [0, 0.05) is 32.0 Å². The molecule has 10 heteroatoms. The highest BCUT2D eigenvalue weighted by molar-refractivity contribution is 7.91. The third-order valence-corrected chi connectivity index (χ3v) is 7.16. The minimum atomic E-state index is -3.79. The summed E-state index contributed by atoms with van der Waals surface area (Å²) in [6, 6.07) is 2.33. The number of Topliss-reactive ketones (excluding diaryl/α,β-unsaturated/α-hetero) is 3. The molecular formula is C20H24ClNO7S. The van der Waals surface area contributed by atoms with Gasteiger partial charge in [0.05, 0.1) is 10.8 Å². The predicted molar refractivity (Wildman–Crippen MR) is 110 cm³/mol. The lowest BCUT2D eigenvalue weighted by Gasteiger charge is -2.21. The van der Waals surface area contributed by atoms with Crippen LogP contribution < -0.4 is 4.74 Å². The number of likely N-dealkylation sites (N-methyl/N-ethyl adjacent to an activating group) is 1. The number of hydrogen-bond acceptors (Lipinski definition) is 7. The van der Waals surface area contributed by atoms with Crippen LogP contribution in [0.4, 0.5) is 0 Å². The Bertz CT molecular complexity index is 971. The van der Waals surface area contributed by atoms with E-state index in [1.165, 1.54) is 17.9 Å². The molecule has 0 aliphatic heterocycles. The number of ketones is 3. The number of hydrogen-bond donors (Lipinski definition) is 0. The van der Waals surface area contributed by atoms with E-state index in [0.717, 1.165) is 6.07 Å². The summed E-state index contributed by atoms with van der Waals surface area (Å²) in [6.45, 7) is 3.12. The van der Waals surface area contributed by atoms with Gasteiger partial charge in [-0.2, -0.15) is 0 Å². The van der Waals surface area contributed by atoms with Crippen molar-refractivity contribution in [2.24, 2.45) is 5.92 Å². The van der Waals surface area contributed by atoms with E-state index >= 15 is 0 Å². The van der Waals surface area contributed by atoms with E-state index in [4.69, 9.17) is 16.3 Å². The van der Waals surface area contributed by atoms with Gasteiger partial charge in [0.15, 0.2) is 39.5 Å². The molecule has 1 amide bonds. The van der Waals surface area contributed by atoms with Crippen molar-refractivity contribution in [3.8, 4) is 5.75 Å². The lowest BCUT2D eigenvalue weighted by Crippen LogP contribution is -2.35. The monoisotopic (exact) mass is 457 g/mol. The zero-order chi connectivity index (χ0) is 22.6. The largest absolute Gasteiger partial charge is 0.481 e. The number of sulfone groups is 1. The maximum absolute atomic E-state index is 12.9. The zero-order valence-corrected chi connectivity index (χ0v) is 18.6. The standard InChI is InChI=1S/C20H24ClNO7S/c1-4-22(3)16(25)11-29-20-15(30(27,28)5-2)10-9-12(18(20)21)19(26)17-13(23)7-6-8-14(17)24/h9-10,17H,4-8,11H2,1-3H3. The molecule has 0 spiro atoms. The van der Waals surface area contributed by atoms with Crippen LogP contribution in [0.15, 0.2) is 17.0 Å². The van der Waals surface area contributed by atoms with Crippen LogP contribution in [0.1, 0.15) is 43.5 Å². The Morgan fingerprint density at radius 2 is 1.77 bits per heavy atom. The minimum Gasteiger partial charge on any atom is -0.481 e. The average molecular weight is 458 g/mol. The first kappa shape index (κ1) is 24.0. The van der Waals surface area contributed by atoms with Gasteiger partial charge >= 0.3 is 0 Å². The van der Waals surface area contributed by atoms with E-state index in [-0.39, 0.29) is 39.8 Å². The van der Waals surface area contributed by atoms with Crippen LogP contribution in [-0.4, -0.2) is 62.5 Å². The fourth-order valence-electron chi connectivity index (χ4n) is 3.04. The number of halogens is 1. The second kappa shape index (κ2) is 9.70. The SMILES string of the molecule is CCN(C)C(=O)COc1c(S(=O)(=O)CC)ccc(C(=O)C2C(=O)CCCC2=O)c1Cl. The van der Waals surface area contributed by atoms with E-state index in [1.807, 2.05) is 0 Å². The lowest BCUT2D eigenvalue weighted by atomic mass is 9.81. The first-order valence-electron chi connectivity index (χ1n) is 9.56. The highest BCUT2D eigenvalue weighted by Gasteiger charge is 2.38. The molecule has 0 aromatic heterocycles. The van der Waals surface area contributed by atoms with Crippen LogP contribution in [0, 0.1) is 5.92 Å². The molecule has 0 radical (unpaired) electrons. The highest BCUT2D eigenvalue weighted by atomic mass is 35.5. The van der Waals surface area contributed by atoms with Crippen LogP contribution in [0.2, 0.25) is 5.02 Å². The van der Waals surface area contributed by atoms with Gasteiger partial charge < -0.3 is 9.64 Å². The molecule has 0 N–H and O–H groups in total. The fourth-order valence-corrected chi connectivity index (χ4v) is 4.44. The molecule has 0 bridgehead atoms. The molecule has 8 nitrogen and oxygen atoms in total. The molecule has 30 heavy (non-hydrogen) atoms. The minimum absolute atomic E-state index is 0.114. The van der Waals surface area contributed by atoms with Crippen molar-refractivity contribution in [2.45, 2.75) is 38.0 Å². The van der Waals surface area contributed by atoms with Gasteiger partial charge in [-0.25, -0.2) is 8.42 Å². The number of benzene rings is 1. The Morgan fingerprint density at radius 1 is 1.17 bits per heavy atom. The van der Waals surface area contributed by atoms with Gasteiger partial charge in [-0.3, -0.25) is 19.2 Å². The molecule has 0 heterocycles. The summed E-state index contributed by atoms with van der Waals surface area (Å²) in [5.74, 6) is -4.22. The molecular weight excluding hydrogens is 434 g/mol. The van der Waals surface area contributed by atoms with Crippen LogP contribution >= 0.6 is 11.6 Å². The van der Waals surface area contributed by atoms with Crippen molar-refractivity contribution in [3.05, 3.63) is 22.7 Å². The van der Waals surface area contributed by atoms with Crippen LogP contribution in [0.5, 0.6) is 5.75 Å². The topological polar surface area (TPSA) is 115 Å². The number of carbonyl (C=O) groups excluding carboxylic acids is 4. The summed E-state index contributed by atoms with van der Waals surface area (Å²) in [4.78, 5) is 50.4. The number of nitrogens with zero attached hydrogens (tertiary/aromatic N) is 1. The summed E-state index contributed by atoms with van der Waals surface area (Å²) < 4.78 is 30.4. The quantitative estimate of drug-likeness (QED) is 0.433. The predicted octanol–water partition coefficient (Wildman–Crippen LogP) is 2.11. The van der Waals surface area contributed by atoms with E-state index in [9.17, 15) is 27.6 Å². The molecule has 1 aromatic rings. The Hall–Kier alpha value is -2.26. The summed E-state index contributed by atoms with van der Waals surface area (Å²) in [5.41, 5.74) is -0.188. The number of carbonyl (C=O) groups is 4. The number of rotatable bonds is 8. The van der Waals surface area contributed by atoms with Crippen LogP contribution in [-0.2, 0) is 24.2 Å². The summed E-state index contributed by atoms with van der Waals surface area (Å²) in [6.07, 6.45) is 0.622. The van der Waals surface area contributed by atoms with Gasteiger partial charge in [0.2, 0.25) is 0 Å². The fraction of sp³-hybridized carbons (Fsp3) is 0.500. The first-order chi connectivity index (χ1) is 14.0. The highest BCUT2D eigenvalue weighted by Crippen LogP contribution is 2.37. The molecule has 1 fully saturated rings. The van der Waals surface area contributed by atoms with Crippen molar-refractivity contribution >= 4 is 44.7 Å².